The van der Waals surface area contributed by atoms with Gasteiger partial charge in [0.2, 0.25) is 0 Å². The molecule has 7 nitrogen and oxygen atoms in total. The van der Waals surface area contributed by atoms with Gasteiger partial charge in [0.25, 0.3) is 11.7 Å². The highest BCUT2D eigenvalue weighted by Crippen LogP contribution is 2.40. The van der Waals surface area contributed by atoms with E-state index in [4.69, 9.17) is 9.47 Å². The van der Waals surface area contributed by atoms with E-state index in [9.17, 15) is 14.7 Å². The van der Waals surface area contributed by atoms with Crippen LogP contribution in [0.3, 0.4) is 0 Å². The Morgan fingerprint density at radius 2 is 1.54 bits per heavy atom. The number of ketones is 1. The Balaban J connectivity index is 1.73. The van der Waals surface area contributed by atoms with Crippen LogP contribution < -0.4 is 14.4 Å². The molecule has 1 unspecified atom stereocenters. The monoisotopic (exact) mass is 500 g/mol. The Bertz CT molecular complexity index is 1280. The first kappa shape index (κ1) is 25.8. The third-order valence-corrected chi connectivity index (χ3v) is 6.50. The number of anilines is 1. The minimum atomic E-state index is -0.707. The van der Waals surface area contributed by atoms with Gasteiger partial charge in [0.05, 0.1) is 25.3 Å². The van der Waals surface area contributed by atoms with Gasteiger partial charge in [0.15, 0.2) is 0 Å². The Kier molecular flexibility index (Phi) is 7.82. The summed E-state index contributed by atoms with van der Waals surface area (Å²) in [4.78, 5) is 30.1. The van der Waals surface area contributed by atoms with E-state index in [0.717, 1.165) is 22.6 Å². The van der Waals surface area contributed by atoms with Crippen molar-refractivity contribution in [2.75, 3.05) is 39.3 Å². The van der Waals surface area contributed by atoms with E-state index in [2.05, 4.69) is 0 Å². The summed E-state index contributed by atoms with van der Waals surface area (Å²) in [6.07, 6.45) is 0.548. The van der Waals surface area contributed by atoms with Gasteiger partial charge in [-0.15, -0.1) is 0 Å². The summed E-state index contributed by atoms with van der Waals surface area (Å²) < 4.78 is 10.7. The maximum absolute atomic E-state index is 13.3. The van der Waals surface area contributed by atoms with Crippen LogP contribution in [0.15, 0.2) is 78.4 Å². The summed E-state index contributed by atoms with van der Waals surface area (Å²) in [5.41, 5.74) is 3.29. The molecule has 37 heavy (non-hydrogen) atoms. The number of rotatable bonds is 9. The van der Waals surface area contributed by atoms with Gasteiger partial charge in [-0.25, -0.2) is 0 Å². The number of carbonyl (C=O) groups excluding carboxylic acids is 2. The number of Topliss-reactive ketones (excluding diaryl/α,β-unsaturated/α-hetero) is 1. The van der Waals surface area contributed by atoms with E-state index in [1.807, 2.05) is 74.4 Å². The van der Waals surface area contributed by atoms with Crippen LogP contribution in [0.25, 0.3) is 5.76 Å². The van der Waals surface area contributed by atoms with Crippen molar-refractivity contribution in [1.82, 2.24) is 4.90 Å². The molecular formula is C30H32N2O5. The molecule has 7 heteroatoms. The van der Waals surface area contributed by atoms with Gasteiger partial charge in [-0.1, -0.05) is 24.3 Å². The summed E-state index contributed by atoms with van der Waals surface area (Å²) in [7, 11) is 5.50. The second kappa shape index (κ2) is 11.2. The Morgan fingerprint density at radius 1 is 0.919 bits per heavy atom. The highest BCUT2D eigenvalue weighted by molar-refractivity contribution is 6.46. The summed E-state index contributed by atoms with van der Waals surface area (Å²) >= 11 is 0. The fourth-order valence-electron chi connectivity index (χ4n) is 4.48. The molecule has 1 fully saturated rings. The zero-order chi connectivity index (χ0) is 26.5. The number of carbonyl (C=O) groups is 2. The quantitative estimate of drug-likeness (QED) is 0.258. The van der Waals surface area contributed by atoms with Gasteiger partial charge in [0, 0.05) is 31.9 Å². The standard InChI is InChI=1S/C30H32N2O5/c1-5-37-25-16-10-22(11-17-25)28(33)26-27(21-8-12-23(13-9-21)31(2)3)32(30(35)29(26)34)19-18-20-6-14-24(36-4)15-7-20/h6-17,27,33H,5,18-19H2,1-4H3/b28-26-. The van der Waals surface area contributed by atoms with Crippen molar-refractivity contribution in [2.24, 2.45) is 0 Å². The molecule has 0 bridgehead atoms. The molecule has 0 spiro atoms. The van der Waals surface area contributed by atoms with Crippen LogP contribution >= 0.6 is 0 Å². The summed E-state index contributed by atoms with van der Waals surface area (Å²) in [5, 5.41) is 11.3. The minimum Gasteiger partial charge on any atom is -0.507 e. The van der Waals surface area contributed by atoms with Gasteiger partial charge in [0.1, 0.15) is 17.3 Å². The van der Waals surface area contributed by atoms with Gasteiger partial charge in [-0.3, -0.25) is 9.59 Å². The lowest BCUT2D eigenvalue weighted by atomic mass is 9.95. The molecule has 0 radical (unpaired) electrons. The number of amides is 1. The van der Waals surface area contributed by atoms with Crippen LogP contribution in [-0.2, 0) is 16.0 Å². The molecule has 1 heterocycles. The molecule has 0 aliphatic carbocycles. The Morgan fingerprint density at radius 3 is 2.11 bits per heavy atom. The van der Waals surface area contributed by atoms with Gasteiger partial charge < -0.3 is 24.4 Å². The average Bonchev–Trinajstić information content (AvgIpc) is 3.17. The van der Waals surface area contributed by atoms with Crippen LogP contribution in [0.5, 0.6) is 11.5 Å². The van der Waals surface area contributed by atoms with Crippen molar-refractivity contribution in [3.05, 3.63) is 95.1 Å². The first-order valence-electron chi connectivity index (χ1n) is 12.3. The maximum Gasteiger partial charge on any atom is 0.295 e. The summed E-state index contributed by atoms with van der Waals surface area (Å²) in [5.74, 6) is -0.101. The second-order valence-electron chi connectivity index (χ2n) is 9.03. The zero-order valence-electron chi connectivity index (χ0n) is 21.6. The molecule has 3 aromatic carbocycles. The lowest BCUT2D eigenvalue weighted by molar-refractivity contribution is -0.139. The molecule has 1 aliphatic rings. The molecule has 0 saturated carbocycles. The summed E-state index contributed by atoms with van der Waals surface area (Å²) in [6.45, 7) is 2.73. The number of hydrogen-bond donors (Lipinski definition) is 1. The fraction of sp³-hybridized carbons (Fsp3) is 0.267. The third-order valence-electron chi connectivity index (χ3n) is 6.50. The zero-order valence-corrected chi connectivity index (χ0v) is 21.6. The predicted octanol–water partition coefficient (Wildman–Crippen LogP) is 4.82. The number of likely N-dealkylation sites (tertiary alicyclic amines) is 1. The maximum atomic E-state index is 13.3. The number of methoxy groups -OCH3 is 1. The smallest absolute Gasteiger partial charge is 0.295 e. The number of ether oxygens (including phenoxy) is 2. The summed E-state index contributed by atoms with van der Waals surface area (Å²) in [6, 6.07) is 21.4. The van der Waals surface area contributed by atoms with Crippen LogP contribution in [0, 0.1) is 0 Å². The van der Waals surface area contributed by atoms with Crippen molar-refractivity contribution >= 4 is 23.1 Å². The number of aliphatic hydroxyl groups excluding tert-OH is 1. The molecule has 4 rings (SSSR count). The fourth-order valence-corrected chi connectivity index (χ4v) is 4.48. The van der Waals surface area contributed by atoms with Crippen molar-refractivity contribution in [3.8, 4) is 11.5 Å². The molecular weight excluding hydrogens is 468 g/mol. The topological polar surface area (TPSA) is 79.3 Å². The van der Waals surface area contributed by atoms with E-state index in [0.29, 0.717) is 30.9 Å². The molecule has 3 aromatic rings. The van der Waals surface area contributed by atoms with Crippen LogP contribution in [0.4, 0.5) is 5.69 Å². The normalized spacial score (nSPS) is 16.6. The van der Waals surface area contributed by atoms with E-state index in [1.165, 1.54) is 0 Å². The van der Waals surface area contributed by atoms with Crippen LogP contribution in [0.1, 0.15) is 29.7 Å². The van der Waals surface area contributed by atoms with E-state index in [-0.39, 0.29) is 11.3 Å². The van der Waals surface area contributed by atoms with Crippen molar-refractivity contribution in [3.63, 3.8) is 0 Å². The number of nitrogens with zero attached hydrogens (tertiary/aromatic N) is 2. The largest absolute Gasteiger partial charge is 0.507 e. The van der Waals surface area contributed by atoms with Crippen molar-refractivity contribution < 1.29 is 24.2 Å². The van der Waals surface area contributed by atoms with Crippen LogP contribution in [-0.4, -0.2) is 56.1 Å². The SMILES string of the molecule is CCOc1ccc(/C(O)=C2/C(=O)C(=O)N(CCc3ccc(OC)cc3)C2c2ccc(N(C)C)cc2)cc1. The molecule has 1 N–H and O–H groups in total. The minimum absolute atomic E-state index is 0.0847. The predicted molar refractivity (Wildman–Crippen MR) is 144 cm³/mol. The highest BCUT2D eigenvalue weighted by Gasteiger charge is 2.45. The van der Waals surface area contributed by atoms with E-state index < -0.39 is 17.7 Å². The molecule has 0 aromatic heterocycles. The third kappa shape index (κ3) is 5.45. The number of hydrogen-bond acceptors (Lipinski definition) is 6. The molecule has 192 valence electrons. The van der Waals surface area contributed by atoms with Gasteiger partial charge in [-0.2, -0.15) is 0 Å². The molecule has 1 aliphatic heterocycles. The molecule has 1 atom stereocenters. The molecule has 1 amide bonds. The van der Waals surface area contributed by atoms with Gasteiger partial charge in [-0.05, 0) is 73.0 Å². The van der Waals surface area contributed by atoms with Crippen molar-refractivity contribution in [1.29, 1.82) is 0 Å². The first-order valence-corrected chi connectivity index (χ1v) is 12.3. The van der Waals surface area contributed by atoms with E-state index >= 15 is 0 Å². The number of benzene rings is 3. The molecule has 1 saturated heterocycles. The first-order chi connectivity index (χ1) is 17.8. The average molecular weight is 501 g/mol. The Hall–Kier alpha value is -4.26. The highest BCUT2D eigenvalue weighted by atomic mass is 16.5. The number of aliphatic hydroxyl groups is 1. The van der Waals surface area contributed by atoms with E-state index in [1.54, 1.807) is 36.3 Å². The second-order valence-corrected chi connectivity index (χ2v) is 9.03. The lowest BCUT2D eigenvalue weighted by Gasteiger charge is -2.26. The Labute approximate surface area is 217 Å². The van der Waals surface area contributed by atoms with Crippen molar-refractivity contribution in [2.45, 2.75) is 19.4 Å². The van der Waals surface area contributed by atoms with Crippen LogP contribution in [0.2, 0.25) is 0 Å². The van der Waals surface area contributed by atoms with Gasteiger partial charge >= 0.3 is 0 Å². The lowest BCUT2D eigenvalue weighted by Crippen LogP contribution is -2.31.